The molecule has 1 N–H and O–H groups in total. The lowest BCUT2D eigenvalue weighted by molar-refractivity contribution is -0.143. The minimum atomic E-state index is -4.78. The van der Waals surface area contributed by atoms with Crippen LogP contribution >= 0.6 is 35.1 Å². The first-order valence-electron chi connectivity index (χ1n) is 9.38. The number of thioether (sulfide) groups is 2. The summed E-state index contributed by atoms with van der Waals surface area (Å²) in [6, 6.07) is 13.0. The molecule has 0 atom stereocenters. The summed E-state index contributed by atoms with van der Waals surface area (Å²) in [5.74, 6) is 1.26. The zero-order valence-electron chi connectivity index (χ0n) is 16.0. The molecular formula is C21H17ClF3N3OS2. The van der Waals surface area contributed by atoms with Crippen molar-refractivity contribution in [3.8, 4) is 5.69 Å². The van der Waals surface area contributed by atoms with Gasteiger partial charge in [0.05, 0.1) is 22.0 Å². The van der Waals surface area contributed by atoms with Crippen LogP contribution in [0.1, 0.15) is 32.6 Å². The van der Waals surface area contributed by atoms with Crippen LogP contribution in [0.2, 0.25) is 5.02 Å². The van der Waals surface area contributed by atoms with Gasteiger partial charge in [-0.1, -0.05) is 23.7 Å². The van der Waals surface area contributed by atoms with Crippen LogP contribution in [0.25, 0.3) is 5.69 Å². The van der Waals surface area contributed by atoms with Crippen molar-refractivity contribution in [1.29, 1.82) is 0 Å². The number of benzene rings is 2. The number of nitrogens with zero attached hydrogens (tertiary/aromatic N) is 2. The maximum Gasteiger partial charge on any atom is 0.434 e. The first kappa shape index (κ1) is 22.1. The fourth-order valence-corrected chi connectivity index (χ4v) is 6.21. The van der Waals surface area contributed by atoms with E-state index in [1.807, 2.05) is 35.7 Å². The molecule has 1 amide bonds. The molecule has 2 heterocycles. The molecule has 0 bridgehead atoms. The topological polar surface area (TPSA) is 46.9 Å². The average molecular weight is 484 g/mol. The van der Waals surface area contributed by atoms with Gasteiger partial charge in [-0.05, 0) is 59.9 Å². The standard InChI is InChI=1S/C21H17ClF3N3OS2/c22-14-5-7-16(8-6-14)28-18(21(23,24)25)17(12-26-28)19(29)27-15-4-1-3-13(11-15)20-30-9-2-10-31-20/h1,3-8,11-12,20H,2,9-10H2,(H,27,29). The quantitative estimate of drug-likeness (QED) is 0.450. The number of alkyl halides is 3. The zero-order chi connectivity index (χ0) is 22.0. The molecule has 0 spiro atoms. The fraction of sp³-hybridized carbons (Fsp3) is 0.238. The molecule has 1 saturated heterocycles. The Morgan fingerprint density at radius 2 is 1.84 bits per heavy atom. The number of hydrogen-bond acceptors (Lipinski definition) is 4. The summed E-state index contributed by atoms with van der Waals surface area (Å²) in [6.07, 6.45) is -2.69. The number of nitrogens with one attached hydrogen (secondary N) is 1. The van der Waals surface area contributed by atoms with Crippen LogP contribution in [0.15, 0.2) is 54.7 Å². The molecule has 1 aromatic heterocycles. The maximum atomic E-state index is 13.8. The number of hydrogen-bond donors (Lipinski definition) is 1. The smallest absolute Gasteiger partial charge is 0.322 e. The normalized spacial score (nSPS) is 15.1. The number of anilines is 1. The third kappa shape index (κ3) is 5.05. The van der Waals surface area contributed by atoms with Crippen LogP contribution < -0.4 is 5.32 Å². The molecule has 1 aliphatic heterocycles. The molecular weight excluding hydrogens is 467 g/mol. The van der Waals surface area contributed by atoms with Crippen molar-refractivity contribution in [2.45, 2.75) is 17.2 Å². The molecule has 4 nitrogen and oxygen atoms in total. The van der Waals surface area contributed by atoms with Crippen LogP contribution in [0.3, 0.4) is 0 Å². The Hall–Kier alpha value is -2.10. The summed E-state index contributed by atoms with van der Waals surface area (Å²) in [5.41, 5.74) is -0.0534. The third-order valence-electron chi connectivity index (χ3n) is 4.60. The minimum absolute atomic E-state index is 0.157. The molecule has 10 heteroatoms. The minimum Gasteiger partial charge on any atom is -0.322 e. The summed E-state index contributed by atoms with van der Waals surface area (Å²) in [5, 5.41) is 6.80. The Kier molecular flexibility index (Phi) is 6.55. The van der Waals surface area contributed by atoms with E-state index in [2.05, 4.69) is 10.4 Å². The predicted molar refractivity (Wildman–Crippen MR) is 120 cm³/mol. The molecule has 162 valence electrons. The van der Waals surface area contributed by atoms with Crippen molar-refractivity contribution in [2.75, 3.05) is 16.8 Å². The van der Waals surface area contributed by atoms with Crippen LogP contribution in [-0.2, 0) is 6.18 Å². The van der Waals surface area contributed by atoms with Gasteiger partial charge in [0.25, 0.3) is 5.91 Å². The molecule has 4 rings (SSSR count). The fourth-order valence-electron chi connectivity index (χ4n) is 3.21. The van der Waals surface area contributed by atoms with Gasteiger partial charge in [0.15, 0.2) is 5.69 Å². The van der Waals surface area contributed by atoms with Crippen molar-refractivity contribution in [3.05, 3.63) is 76.6 Å². The number of amides is 1. The molecule has 1 fully saturated rings. The molecule has 0 aliphatic carbocycles. The van der Waals surface area contributed by atoms with Gasteiger partial charge in [0.1, 0.15) is 0 Å². The maximum absolute atomic E-state index is 13.8. The molecule has 2 aromatic carbocycles. The lowest BCUT2D eigenvalue weighted by atomic mass is 10.2. The van der Waals surface area contributed by atoms with Gasteiger partial charge in [-0.2, -0.15) is 18.3 Å². The van der Waals surface area contributed by atoms with Gasteiger partial charge in [-0.25, -0.2) is 4.68 Å². The van der Waals surface area contributed by atoms with Crippen LogP contribution in [0.4, 0.5) is 18.9 Å². The molecule has 0 radical (unpaired) electrons. The number of carbonyl (C=O) groups excluding carboxylic acids is 1. The molecule has 0 saturated carbocycles. The van der Waals surface area contributed by atoms with Crippen LogP contribution in [0, 0.1) is 0 Å². The molecule has 1 aliphatic rings. The van der Waals surface area contributed by atoms with Crippen molar-refractivity contribution < 1.29 is 18.0 Å². The largest absolute Gasteiger partial charge is 0.434 e. The average Bonchev–Trinajstić information content (AvgIpc) is 3.21. The van der Waals surface area contributed by atoms with E-state index in [0.29, 0.717) is 15.4 Å². The Morgan fingerprint density at radius 1 is 1.13 bits per heavy atom. The predicted octanol–water partition coefficient (Wildman–Crippen LogP) is 6.67. The number of carbonyl (C=O) groups is 1. The van der Waals surface area contributed by atoms with Gasteiger partial charge in [-0.15, -0.1) is 23.5 Å². The van der Waals surface area contributed by atoms with Gasteiger partial charge in [-0.3, -0.25) is 4.79 Å². The Bertz CT molecular complexity index is 1080. The summed E-state index contributed by atoms with van der Waals surface area (Å²) >= 11 is 9.48. The lowest BCUT2D eigenvalue weighted by Gasteiger charge is -2.21. The van der Waals surface area contributed by atoms with Gasteiger partial charge in [0.2, 0.25) is 0 Å². The van der Waals surface area contributed by atoms with E-state index in [0.717, 1.165) is 29.7 Å². The van der Waals surface area contributed by atoms with Crippen molar-refractivity contribution >= 4 is 46.7 Å². The number of rotatable bonds is 4. The highest BCUT2D eigenvalue weighted by Crippen LogP contribution is 2.44. The number of aromatic nitrogens is 2. The van der Waals surface area contributed by atoms with E-state index in [9.17, 15) is 18.0 Å². The van der Waals surface area contributed by atoms with E-state index in [1.165, 1.54) is 24.3 Å². The Morgan fingerprint density at radius 3 is 2.52 bits per heavy atom. The second-order valence-electron chi connectivity index (χ2n) is 6.80. The third-order valence-corrected chi connectivity index (χ3v) is 7.86. The second-order valence-corrected chi connectivity index (χ2v) is 9.96. The zero-order valence-corrected chi connectivity index (χ0v) is 18.4. The summed E-state index contributed by atoms with van der Waals surface area (Å²) < 4.78 is 42.5. The van der Waals surface area contributed by atoms with Crippen LogP contribution in [0.5, 0.6) is 0 Å². The second kappa shape index (κ2) is 9.18. The highest BCUT2D eigenvalue weighted by Gasteiger charge is 2.40. The first-order valence-corrected chi connectivity index (χ1v) is 11.9. The van der Waals surface area contributed by atoms with Crippen LogP contribution in [-0.4, -0.2) is 27.2 Å². The Labute approximate surface area is 190 Å². The van der Waals surface area contributed by atoms with E-state index < -0.39 is 23.3 Å². The van der Waals surface area contributed by atoms with Crippen molar-refractivity contribution in [3.63, 3.8) is 0 Å². The number of halogens is 4. The Balaban J connectivity index is 1.62. The SMILES string of the molecule is O=C(Nc1cccc(C2SCCCS2)c1)c1cnn(-c2ccc(Cl)cc2)c1C(F)(F)F. The van der Waals surface area contributed by atoms with Gasteiger partial charge < -0.3 is 5.32 Å². The van der Waals surface area contributed by atoms with Crippen molar-refractivity contribution in [2.24, 2.45) is 0 Å². The summed E-state index contributed by atoms with van der Waals surface area (Å²) in [7, 11) is 0. The molecule has 31 heavy (non-hydrogen) atoms. The molecule has 3 aromatic rings. The van der Waals surface area contributed by atoms with E-state index in [-0.39, 0.29) is 10.3 Å². The summed E-state index contributed by atoms with van der Waals surface area (Å²) in [6.45, 7) is 0. The van der Waals surface area contributed by atoms with Crippen molar-refractivity contribution in [1.82, 2.24) is 9.78 Å². The monoisotopic (exact) mass is 483 g/mol. The van der Waals surface area contributed by atoms with E-state index in [4.69, 9.17) is 11.6 Å². The molecule has 0 unspecified atom stereocenters. The lowest BCUT2D eigenvalue weighted by Crippen LogP contribution is -2.20. The summed E-state index contributed by atoms with van der Waals surface area (Å²) in [4.78, 5) is 12.8. The van der Waals surface area contributed by atoms with Gasteiger partial charge >= 0.3 is 6.18 Å². The highest BCUT2D eigenvalue weighted by atomic mass is 35.5. The van der Waals surface area contributed by atoms with Gasteiger partial charge in [0, 0.05) is 10.7 Å². The van der Waals surface area contributed by atoms with E-state index in [1.54, 1.807) is 12.1 Å². The highest BCUT2D eigenvalue weighted by molar-refractivity contribution is 8.16. The van der Waals surface area contributed by atoms with E-state index >= 15 is 0 Å². The first-order chi connectivity index (χ1) is 14.8.